The molecule has 0 bridgehead atoms. The molecule has 1 aromatic carbocycles. The predicted molar refractivity (Wildman–Crippen MR) is 79.1 cm³/mol. The van der Waals surface area contributed by atoms with Crippen LogP contribution >= 0.6 is 15.9 Å². The van der Waals surface area contributed by atoms with Crippen LogP contribution in [0.15, 0.2) is 21.5 Å². The van der Waals surface area contributed by atoms with E-state index in [1.54, 1.807) is 0 Å². The van der Waals surface area contributed by atoms with Crippen molar-refractivity contribution in [2.75, 3.05) is 6.54 Å². The lowest BCUT2D eigenvalue weighted by atomic mass is 10.1. The van der Waals surface area contributed by atoms with Crippen molar-refractivity contribution in [1.29, 1.82) is 0 Å². The Morgan fingerprint density at radius 3 is 2.60 bits per heavy atom. The molecule has 112 valence electrons. The average Bonchev–Trinajstić information content (AvgIpc) is 2.97. The Morgan fingerprint density at radius 1 is 1.50 bits per heavy atom. The molecule has 20 heavy (non-hydrogen) atoms. The zero-order valence-electron chi connectivity index (χ0n) is 11.4. The Kier molecular flexibility index (Phi) is 4.26. The highest BCUT2D eigenvalue weighted by Gasteiger charge is 2.45. The molecule has 0 spiro atoms. The van der Waals surface area contributed by atoms with Gasteiger partial charge in [0.1, 0.15) is 10.7 Å². The second kappa shape index (κ2) is 5.36. The summed E-state index contributed by atoms with van der Waals surface area (Å²) >= 11 is 3.18. The van der Waals surface area contributed by atoms with E-state index >= 15 is 0 Å². The van der Waals surface area contributed by atoms with E-state index in [0.717, 1.165) is 6.42 Å². The van der Waals surface area contributed by atoms with Crippen molar-refractivity contribution in [3.05, 3.63) is 28.0 Å². The SMILES string of the molecule is CC1(C)CC1CNS(=O)(=O)c1cc(Br)cc(CN)c1F. The molecule has 4 nitrogen and oxygen atoms in total. The van der Waals surface area contributed by atoms with Crippen LogP contribution in [0, 0.1) is 17.2 Å². The van der Waals surface area contributed by atoms with Gasteiger partial charge in [0.05, 0.1) is 0 Å². The van der Waals surface area contributed by atoms with Crippen molar-refractivity contribution in [3.63, 3.8) is 0 Å². The summed E-state index contributed by atoms with van der Waals surface area (Å²) in [6, 6.07) is 2.74. The van der Waals surface area contributed by atoms with E-state index in [1.165, 1.54) is 12.1 Å². The van der Waals surface area contributed by atoms with Crippen LogP contribution in [-0.4, -0.2) is 15.0 Å². The summed E-state index contributed by atoms with van der Waals surface area (Å²) in [6.07, 6.45) is 0.977. The van der Waals surface area contributed by atoms with Gasteiger partial charge in [0.15, 0.2) is 0 Å². The third-order valence-corrected chi connectivity index (χ3v) is 5.71. The fourth-order valence-corrected chi connectivity index (χ4v) is 4.06. The summed E-state index contributed by atoms with van der Waals surface area (Å²) in [6.45, 7) is 4.44. The summed E-state index contributed by atoms with van der Waals surface area (Å²) < 4.78 is 41.5. The molecular formula is C13H18BrFN2O2S. The minimum Gasteiger partial charge on any atom is -0.326 e. The number of nitrogens with one attached hydrogen (secondary N) is 1. The van der Waals surface area contributed by atoms with Crippen molar-refractivity contribution in [2.24, 2.45) is 17.1 Å². The summed E-state index contributed by atoms with van der Waals surface area (Å²) in [7, 11) is -3.86. The quantitative estimate of drug-likeness (QED) is 0.842. The molecule has 0 aliphatic heterocycles. The largest absolute Gasteiger partial charge is 0.326 e. The maximum atomic E-state index is 14.1. The summed E-state index contributed by atoms with van der Waals surface area (Å²) in [5.41, 5.74) is 5.76. The molecule has 1 aliphatic rings. The number of halogens is 2. The summed E-state index contributed by atoms with van der Waals surface area (Å²) in [5, 5.41) is 0. The van der Waals surface area contributed by atoms with Crippen molar-refractivity contribution in [2.45, 2.75) is 31.7 Å². The molecule has 2 rings (SSSR count). The zero-order valence-corrected chi connectivity index (χ0v) is 13.8. The van der Waals surface area contributed by atoms with Gasteiger partial charge in [-0.25, -0.2) is 17.5 Å². The van der Waals surface area contributed by atoms with Gasteiger partial charge < -0.3 is 5.73 Å². The topological polar surface area (TPSA) is 72.2 Å². The van der Waals surface area contributed by atoms with Crippen LogP contribution in [0.5, 0.6) is 0 Å². The van der Waals surface area contributed by atoms with Gasteiger partial charge in [-0.05, 0) is 29.9 Å². The highest BCUT2D eigenvalue weighted by atomic mass is 79.9. The number of sulfonamides is 1. The molecule has 3 N–H and O–H groups in total. The molecule has 1 atom stereocenters. The van der Waals surface area contributed by atoms with E-state index < -0.39 is 15.8 Å². The third-order valence-electron chi connectivity index (χ3n) is 3.83. The standard InChI is InChI=1S/C13H18BrFN2O2S/c1-13(2)5-9(13)7-17-20(18,19)11-4-10(14)3-8(6-16)12(11)15/h3-4,9,17H,5-7,16H2,1-2H3. The number of hydrogen-bond acceptors (Lipinski definition) is 3. The minimum absolute atomic E-state index is 0.0521. The first kappa shape index (κ1) is 15.9. The first-order valence-electron chi connectivity index (χ1n) is 6.35. The lowest BCUT2D eigenvalue weighted by Gasteiger charge is -2.11. The van der Waals surface area contributed by atoms with Gasteiger partial charge in [0.25, 0.3) is 0 Å². The maximum absolute atomic E-state index is 14.1. The summed E-state index contributed by atoms with van der Waals surface area (Å²) in [5.74, 6) is -0.472. The molecule has 0 aromatic heterocycles. The molecule has 1 aromatic rings. The van der Waals surface area contributed by atoms with E-state index in [0.29, 0.717) is 16.9 Å². The smallest absolute Gasteiger partial charge is 0.243 e. The van der Waals surface area contributed by atoms with Crippen molar-refractivity contribution >= 4 is 26.0 Å². The van der Waals surface area contributed by atoms with Crippen LogP contribution in [0.4, 0.5) is 4.39 Å². The van der Waals surface area contributed by atoms with Crippen LogP contribution in [0.3, 0.4) is 0 Å². The van der Waals surface area contributed by atoms with Gasteiger partial charge in [-0.3, -0.25) is 0 Å². The van der Waals surface area contributed by atoms with Gasteiger partial charge in [0.2, 0.25) is 10.0 Å². The fourth-order valence-electron chi connectivity index (χ4n) is 2.18. The van der Waals surface area contributed by atoms with Crippen LogP contribution < -0.4 is 10.5 Å². The third kappa shape index (κ3) is 3.21. The number of hydrogen-bond donors (Lipinski definition) is 2. The van der Waals surface area contributed by atoms with E-state index in [2.05, 4.69) is 34.5 Å². The molecule has 1 unspecified atom stereocenters. The summed E-state index contributed by atoms with van der Waals surface area (Å²) in [4.78, 5) is -0.356. The van der Waals surface area contributed by atoms with E-state index in [-0.39, 0.29) is 22.4 Å². The van der Waals surface area contributed by atoms with Crippen LogP contribution in [0.25, 0.3) is 0 Å². The van der Waals surface area contributed by atoms with E-state index in [9.17, 15) is 12.8 Å². The molecule has 0 radical (unpaired) electrons. The fraction of sp³-hybridized carbons (Fsp3) is 0.538. The number of rotatable bonds is 5. The van der Waals surface area contributed by atoms with Crippen LogP contribution in [0.1, 0.15) is 25.8 Å². The van der Waals surface area contributed by atoms with Gasteiger partial charge in [-0.15, -0.1) is 0 Å². The highest BCUT2D eigenvalue weighted by molar-refractivity contribution is 9.10. The molecule has 1 saturated carbocycles. The Balaban J connectivity index is 2.23. The Bertz CT molecular complexity index is 632. The molecule has 1 fully saturated rings. The Morgan fingerprint density at radius 2 is 2.10 bits per heavy atom. The van der Waals surface area contributed by atoms with E-state index in [1.807, 2.05) is 0 Å². The number of nitrogens with two attached hydrogens (primary N) is 1. The van der Waals surface area contributed by atoms with Gasteiger partial charge in [-0.2, -0.15) is 0 Å². The number of benzene rings is 1. The molecular weight excluding hydrogens is 347 g/mol. The second-order valence-corrected chi connectivity index (χ2v) is 8.47. The van der Waals surface area contributed by atoms with Crippen LogP contribution in [0.2, 0.25) is 0 Å². The zero-order chi connectivity index (χ0) is 15.1. The van der Waals surface area contributed by atoms with Crippen molar-refractivity contribution in [1.82, 2.24) is 4.72 Å². The minimum atomic E-state index is -3.86. The van der Waals surface area contributed by atoms with E-state index in [4.69, 9.17) is 5.73 Å². The first-order valence-corrected chi connectivity index (χ1v) is 8.62. The lowest BCUT2D eigenvalue weighted by Crippen LogP contribution is -2.28. The molecule has 0 heterocycles. The average molecular weight is 365 g/mol. The molecule has 0 amide bonds. The van der Waals surface area contributed by atoms with Crippen LogP contribution in [-0.2, 0) is 16.6 Å². The van der Waals surface area contributed by atoms with Gasteiger partial charge >= 0.3 is 0 Å². The predicted octanol–water partition coefficient (Wildman–Crippen LogP) is 2.37. The first-order chi connectivity index (χ1) is 9.17. The molecule has 7 heteroatoms. The lowest BCUT2D eigenvalue weighted by molar-refractivity contribution is 0.528. The Hall–Kier alpha value is -0.500. The maximum Gasteiger partial charge on any atom is 0.243 e. The second-order valence-electron chi connectivity index (χ2n) is 5.82. The monoisotopic (exact) mass is 364 g/mol. The molecule has 0 saturated heterocycles. The van der Waals surface area contributed by atoms with Gasteiger partial charge in [-0.1, -0.05) is 29.8 Å². The van der Waals surface area contributed by atoms with Crippen molar-refractivity contribution < 1.29 is 12.8 Å². The van der Waals surface area contributed by atoms with Gasteiger partial charge in [0, 0.05) is 23.1 Å². The molecule has 1 aliphatic carbocycles. The highest BCUT2D eigenvalue weighted by Crippen LogP contribution is 2.51. The Labute approximate surface area is 127 Å². The van der Waals surface area contributed by atoms with Crippen molar-refractivity contribution in [3.8, 4) is 0 Å². The normalized spacial score (nSPS) is 20.9.